The highest BCUT2D eigenvalue weighted by molar-refractivity contribution is 5.80. The summed E-state index contributed by atoms with van der Waals surface area (Å²) in [7, 11) is 0. The third-order valence-corrected chi connectivity index (χ3v) is 3.15. The molecule has 0 aliphatic rings. The first-order valence-electron chi connectivity index (χ1n) is 6.71. The van der Waals surface area contributed by atoms with Crippen LogP contribution in [0.3, 0.4) is 0 Å². The molecule has 7 heteroatoms. The monoisotopic (exact) mass is 313 g/mol. The first-order chi connectivity index (χ1) is 11.1. The minimum Gasteiger partial charge on any atom is -0.476 e. The highest BCUT2D eigenvalue weighted by Gasteiger charge is 2.20. The van der Waals surface area contributed by atoms with E-state index in [1.54, 1.807) is 24.3 Å². The zero-order valence-electron chi connectivity index (χ0n) is 11.8. The van der Waals surface area contributed by atoms with Gasteiger partial charge in [-0.25, -0.2) is 4.39 Å². The van der Waals surface area contributed by atoms with E-state index in [-0.39, 0.29) is 0 Å². The van der Waals surface area contributed by atoms with Crippen molar-refractivity contribution in [3.05, 3.63) is 66.3 Å². The van der Waals surface area contributed by atoms with Gasteiger partial charge in [0.2, 0.25) is 18.4 Å². The van der Waals surface area contributed by atoms with Crippen LogP contribution in [0.1, 0.15) is 11.7 Å². The van der Waals surface area contributed by atoms with Crippen molar-refractivity contribution in [3.63, 3.8) is 0 Å². The van der Waals surface area contributed by atoms with Crippen LogP contribution in [-0.2, 0) is 4.79 Å². The highest BCUT2D eigenvalue weighted by atomic mass is 19.1. The Morgan fingerprint density at radius 2 is 1.83 bits per heavy atom. The lowest BCUT2D eigenvalue weighted by Crippen LogP contribution is -2.26. The maximum absolute atomic E-state index is 13.0. The van der Waals surface area contributed by atoms with Crippen molar-refractivity contribution < 1.29 is 18.3 Å². The maximum atomic E-state index is 13.0. The third-order valence-electron chi connectivity index (χ3n) is 3.15. The number of hydrogen-bond donors (Lipinski definition) is 1. The van der Waals surface area contributed by atoms with Gasteiger partial charge in [0.15, 0.2) is 0 Å². The predicted octanol–water partition coefficient (Wildman–Crippen LogP) is 2.48. The number of benzene rings is 2. The first kappa shape index (κ1) is 14.7. The van der Waals surface area contributed by atoms with Crippen LogP contribution < -0.4 is 10.5 Å². The van der Waals surface area contributed by atoms with Gasteiger partial charge < -0.3 is 14.9 Å². The molecule has 1 heterocycles. The summed E-state index contributed by atoms with van der Waals surface area (Å²) < 4.78 is 23.7. The normalized spacial score (nSPS) is 11.9. The van der Waals surface area contributed by atoms with E-state index in [0.717, 1.165) is 0 Å². The van der Waals surface area contributed by atoms with Gasteiger partial charge in [0.05, 0.1) is 0 Å². The van der Waals surface area contributed by atoms with Gasteiger partial charge >= 0.3 is 0 Å². The lowest BCUT2D eigenvalue weighted by atomic mass is 10.1. The highest BCUT2D eigenvalue weighted by Crippen LogP contribution is 2.25. The van der Waals surface area contributed by atoms with Crippen LogP contribution in [0.2, 0.25) is 0 Å². The van der Waals surface area contributed by atoms with Crippen molar-refractivity contribution in [2.75, 3.05) is 0 Å². The average Bonchev–Trinajstić information content (AvgIpc) is 3.08. The Morgan fingerprint density at radius 1 is 1.13 bits per heavy atom. The Bertz CT molecular complexity index is 786. The van der Waals surface area contributed by atoms with Gasteiger partial charge in [-0.15, -0.1) is 10.2 Å². The van der Waals surface area contributed by atoms with Crippen molar-refractivity contribution in [2.24, 2.45) is 5.73 Å². The summed E-state index contributed by atoms with van der Waals surface area (Å²) in [6.07, 6.45) is 0.224. The van der Waals surface area contributed by atoms with Crippen molar-refractivity contribution in [2.45, 2.75) is 6.10 Å². The van der Waals surface area contributed by atoms with Crippen LogP contribution in [0.15, 0.2) is 59.3 Å². The van der Waals surface area contributed by atoms with Crippen molar-refractivity contribution in [1.29, 1.82) is 0 Å². The zero-order chi connectivity index (χ0) is 16.2. The van der Waals surface area contributed by atoms with Gasteiger partial charge in [-0.1, -0.05) is 12.1 Å². The molecule has 6 nitrogen and oxygen atoms in total. The van der Waals surface area contributed by atoms with Gasteiger partial charge in [0.1, 0.15) is 11.6 Å². The van der Waals surface area contributed by atoms with E-state index in [9.17, 15) is 9.18 Å². The summed E-state index contributed by atoms with van der Waals surface area (Å²) >= 11 is 0. The van der Waals surface area contributed by atoms with Gasteiger partial charge in [0, 0.05) is 11.1 Å². The molecule has 1 atom stereocenters. The van der Waals surface area contributed by atoms with Crippen molar-refractivity contribution >= 4 is 5.91 Å². The Labute approximate surface area is 130 Å². The number of aromatic nitrogens is 2. The summed E-state index contributed by atoms with van der Waals surface area (Å²) in [5, 5.41) is 7.39. The molecule has 1 amide bonds. The van der Waals surface area contributed by atoms with E-state index in [1.807, 2.05) is 0 Å². The number of halogens is 1. The van der Waals surface area contributed by atoms with Crippen molar-refractivity contribution in [3.8, 4) is 17.2 Å². The zero-order valence-corrected chi connectivity index (χ0v) is 11.8. The van der Waals surface area contributed by atoms with Gasteiger partial charge in [-0.3, -0.25) is 4.79 Å². The number of hydrogen-bond acceptors (Lipinski definition) is 5. The fourth-order valence-electron chi connectivity index (χ4n) is 2.04. The summed E-state index contributed by atoms with van der Waals surface area (Å²) in [5.74, 6) is -0.263. The Kier molecular flexibility index (Phi) is 4.01. The number of primary amides is 1. The van der Waals surface area contributed by atoms with E-state index in [4.69, 9.17) is 14.9 Å². The molecule has 0 aliphatic heterocycles. The van der Waals surface area contributed by atoms with Crippen LogP contribution in [-0.4, -0.2) is 16.1 Å². The standard InChI is InChI=1S/C16H12FN3O3/c17-12-5-1-10(2-6-12)14(15(18)21)23-13-7-3-11(4-8-13)16-20-19-9-22-16/h1-9,14H,(H2,18,21). The number of carbonyl (C=O) groups excluding carboxylic acids is 1. The first-order valence-corrected chi connectivity index (χ1v) is 6.71. The van der Waals surface area contributed by atoms with Crippen LogP contribution in [0, 0.1) is 5.82 Å². The summed E-state index contributed by atoms with van der Waals surface area (Å²) in [5.41, 5.74) is 6.56. The predicted molar refractivity (Wildman–Crippen MR) is 78.7 cm³/mol. The van der Waals surface area contributed by atoms with Gasteiger partial charge in [-0.2, -0.15) is 0 Å². The fourth-order valence-corrected chi connectivity index (χ4v) is 2.04. The molecule has 116 valence electrons. The second kappa shape index (κ2) is 6.27. The van der Waals surface area contributed by atoms with Crippen LogP contribution >= 0.6 is 0 Å². The molecule has 0 saturated heterocycles. The quantitative estimate of drug-likeness (QED) is 0.781. The van der Waals surface area contributed by atoms with E-state index in [0.29, 0.717) is 22.8 Å². The number of nitrogens with two attached hydrogens (primary N) is 1. The second-order valence-electron chi connectivity index (χ2n) is 4.72. The summed E-state index contributed by atoms with van der Waals surface area (Å²) in [6.45, 7) is 0. The SMILES string of the molecule is NC(=O)C(Oc1ccc(-c2nnco2)cc1)c1ccc(F)cc1. The number of amides is 1. The number of ether oxygens (including phenoxy) is 1. The van der Waals surface area contributed by atoms with E-state index in [1.165, 1.54) is 30.7 Å². The van der Waals surface area contributed by atoms with Crippen LogP contribution in [0.25, 0.3) is 11.5 Å². The van der Waals surface area contributed by atoms with Gasteiger partial charge in [0.25, 0.3) is 5.91 Å². The summed E-state index contributed by atoms with van der Waals surface area (Å²) in [4.78, 5) is 11.6. The number of carbonyl (C=O) groups is 1. The van der Waals surface area contributed by atoms with Gasteiger partial charge in [-0.05, 0) is 36.4 Å². The lowest BCUT2D eigenvalue weighted by molar-refractivity contribution is -0.125. The van der Waals surface area contributed by atoms with Crippen LogP contribution in [0.5, 0.6) is 5.75 Å². The molecule has 0 saturated carbocycles. The molecule has 0 spiro atoms. The van der Waals surface area contributed by atoms with E-state index in [2.05, 4.69) is 10.2 Å². The number of nitrogens with zero attached hydrogens (tertiary/aromatic N) is 2. The molecule has 3 rings (SSSR count). The Hall–Kier alpha value is -3.22. The fraction of sp³-hybridized carbons (Fsp3) is 0.0625. The molecular formula is C16H12FN3O3. The molecule has 0 radical (unpaired) electrons. The minimum atomic E-state index is -1.01. The maximum Gasteiger partial charge on any atom is 0.263 e. The smallest absolute Gasteiger partial charge is 0.263 e. The lowest BCUT2D eigenvalue weighted by Gasteiger charge is -2.16. The van der Waals surface area contributed by atoms with E-state index < -0.39 is 17.8 Å². The molecule has 2 N–H and O–H groups in total. The molecule has 1 unspecified atom stereocenters. The average molecular weight is 313 g/mol. The molecule has 1 aromatic heterocycles. The molecular weight excluding hydrogens is 301 g/mol. The molecule has 23 heavy (non-hydrogen) atoms. The van der Waals surface area contributed by atoms with Crippen molar-refractivity contribution in [1.82, 2.24) is 10.2 Å². The molecule has 3 aromatic rings. The second-order valence-corrected chi connectivity index (χ2v) is 4.72. The summed E-state index contributed by atoms with van der Waals surface area (Å²) in [6, 6.07) is 12.1. The molecule has 0 aliphatic carbocycles. The molecule has 0 bridgehead atoms. The minimum absolute atomic E-state index is 0.376. The third kappa shape index (κ3) is 3.34. The van der Waals surface area contributed by atoms with E-state index >= 15 is 0 Å². The largest absolute Gasteiger partial charge is 0.476 e. The van der Waals surface area contributed by atoms with Crippen LogP contribution in [0.4, 0.5) is 4.39 Å². The molecule has 0 fully saturated rings. The Balaban J connectivity index is 1.80. The topological polar surface area (TPSA) is 91.2 Å². The number of rotatable bonds is 5. The molecule has 2 aromatic carbocycles. The Morgan fingerprint density at radius 3 is 2.39 bits per heavy atom.